The molecule has 17 heavy (non-hydrogen) atoms. The Bertz CT molecular complexity index is 381. The van der Waals surface area contributed by atoms with Crippen molar-refractivity contribution in [3.8, 4) is 6.07 Å². The predicted octanol–water partition coefficient (Wildman–Crippen LogP) is 2.23. The molecule has 0 heterocycles. The van der Waals surface area contributed by atoms with Gasteiger partial charge in [0.1, 0.15) is 0 Å². The van der Waals surface area contributed by atoms with E-state index in [0.717, 1.165) is 13.1 Å². The Morgan fingerprint density at radius 2 is 2.12 bits per heavy atom. The van der Waals surface area contributed by atoms with Gasteiger partial charge in [0.2, 0.25) is 0 Å². The van der Waals surface area contributed by atoms with Crippen LogP contribution in [-0.4, -0.2) is 24.5 Å². The second-order valence-electron chi connectivity index (χ2n) is 4.14. The minimum Gasteiger partial charge on any atom is -0.329 e. The summed E-state index contributed by atoms with van der Waals surface area (Å²) >= 11 is 0. The van der Waals surface area contributed by atoms with E-state index in [1.807, 2.05) is 12.1 Å². The van der Waals surface area contributed by atoms with Crippen molar-refractivity contribution >= 4 is 0 Å². The largest absolute Gasteiger partial charge is 0.329 e. The van der Waals surface area contributed by atoms with Crippen LogP contribution >= 0.6 is 0 Å². The fourth-order valence-corrected chi connectivity index (χ4v) is 2.16. The first kappa shape index (κ1) is 13.7. The summed E-state index contributed by atoms with van der Waals surface area (Å²) in [5, 5.41) is 8.68. The molecule has 3 nitrogen and oxygen atoms in total. The number of nitrogens with two attached hydrogens (primary N) is 1. The zero-order valence-electron chi connectivity index (χ0n) is 10.7. The highest BCUT2D eigenvalue weighted by molar-refractivity contribution is 5.29. The highest BCUT2D eigenvalue weighted by Crippen LogP contribution is 2.22. The molecule has 0 aliphatic heterocycles. The van der Waals surface area contributed by atoms with E-state index >= 15 is 0 Å². The third kappa shape index (κ3) is 3.55. The first-order valence-corrected chi connectivity index (χ1v) is 6.11. The van der Waals surface area contributed by atoms with Crippen molar-refractivity contribution in [2.75, 3.05) is 19.6 Å². The number of benzene rings is 1. The molecule has 1 aromatic rings. The maximum Gasteiger partial charge on any atom is 0.0635 e. The molecule has 92 valence electrons. The van der Waals surface area contributed by atoms with E-state index in [2.05, 4.69) is 36.9 Å². The Labute approximate surface area is 104 Å². The molecule has 0 fully saturated rings. The van der Waals surface area contributed by atoms with Crippen molar-refractivity contribution in [3.05, 3.63) is 35.4 Å². The SMILES string of the molecule is CCN(CCC#N)C(CN)c1ccccc1C. The lowest BCUT2D eigenvalue weighted by atomic mass is 10.00. The molecule has 0 aliphatic rings. The Balaban J connectivity index is 2.89. The number of rotatable bonds is 6. The Morgan fingerprint density at radius 1 is 1.41 bits per heavy atom. The number of likely N-dealkylation sites (N-methyl/N-ethyl adjacent to an activating group) is 1. The molecule has 0 radical (unpaired) electrons. The molecule has 1 unspecified atom stereocenters. The van der Waals surface area contributed by atoms with Gasteiger partial charge in [-0.2, -0.15) is 5.26 Å². The summed E-state index contributed by atoms with van der Waals surface area (Å²) < 4.78 is 0. The summed E-state index contributed by atoms with van der Waals surface area (Å²) in [6.45, 7) is 6.50. The minimum atomic E-state index is 0.217. The molecule has 1 aromatic carbocycles. The van der Waals surface area contributed by atoms with Crippen LogP contribution in [0.5, 0.6) is 0 Å². The Kier molecular flexibility index (Phi) is 5.68. The summed E-state index contributed by atoms with van der Waals surface area (Å²) in [6.07, 6.45) is 0.552. The van der Waals surface area contributed by atoms with Crippen molar-refractivity contribution in [2.24, 2.45) is 5.73 Å². The van der Waals surface area contributed by atoms with Gasteiger partial charge in [0.25, 0.3) is 0 Å². The van der Waals surface area contributed by atoms with Gasteiger partial charge in [-0.25, -0.2) is 0 Å². The lowest BCUT2D eigenvalue weighted by Gasteiger charge is -2.30. The van der Waals surface area contributed by atoms with Crippen LogP contribution in [0.2, 0.25) is 0 Å². The molecule has 0 bridgehead atoms. The number of nitrogens with zero attached hydrogens (tertiary/aromatic N) is 2. The Morgan fingerprint density at radius 3 is 2.65 bits per heavy atom. The van der Waals surface area contributed by atoms with E-state index in [4.69, 9.17) is 11.0 Å². The number of hydrogen-bond acceptors (Lipinski definition) is 3. The van der Waals surface area contributed by atoms with Crippen LogP contribution in [0.15, 0.2) is 24.3 Å². The normalized spacial score (nSPS) is 12.4. The van der Waals surface area contributed by atoms with Crippen LogP contribution in [0.3, 0.4) is 0 Å². The van der Waals surface area contributed by atoms with Gasteiger partial charge in [-0.15, -0.1) is 0 Å². The molecule has 2 N–H and O–H groups in total. The minimum absolute atomic E-state index is 0.217. The summed E-state index contributed by atoms with van der Waals surface area (Å²) in [5.41, 5.74) is 8.43. The molecule has 0 amide bonds. The van der Waals surface area contributed by atoms with Gasteiger partial charge in [-0.05, 0) is 24.6 Å². The van der Waals surface area contributed by atoms with E-state index in [1.165, 1.54) is 11.1 Å². The fraction of sp³-hybridized carbons (Fsp3) is 0.500. The predicted molar refractivity (Wildman–Crippen MR) is 70.5 cm³/mol. The molecule has 0 saturated carbocycles. The maximum absolute atomic E-state index is 8.68. The molecule has 0 aliphatic carbocycles. The summed E-state index contributed by atoms with van der Waals surface area (Å²) in [4.78, 5) is 2.27. The monoisotopic (exact) mass is 231 g/mol. The van der Waals surface area contributed by atoms with E-state index in [9.17, 15) is 0 Å². The van der Waals surface area contributed by atoms with E-state index in [-0.39, 0.29) is 6.04 Å². The quantitative estimate of drug-likeness (QED) is 0.816. The van der Waals surface area contributed by atoms with E-state index in [1.54, 1.807) is 0 Å². The average molecular weight is 231 g/mol. The van der Waals surface area contributed by atoms with Crippen LogP contribution in [-0.2, 0) is 0 Å². The van der Waals surface area contributed by atoms with E-state index < -0.39 is 0 Å². The van der Waals surface area contributed by atoms with Gasteiger partial charge in [0, 0.05) is 25.6 Å². The fourth-order valence-electron chi connectivity index (χ4n) is 2.16. The van der Waals surface area contributed by atoms with Crippen molar-refractivity contribution in [1.82, 2.24) is 4.90 Å². The van der Waals surface area contributed by atoms with Crippen LogP contribution < -0.4 is 5.73 Å². The highest BCUT2D eigenvalue weighted by atomic mass is 15.2. The summed E-state index contributed by atoms with van der Waals surface area (Å²) in [7, 11) is 0. The lowest BCUT2D eigenvalue weighted by Crippen LogP contribution is -2.34. The molecule has 0 saturated heterocycles. The van der Waals surface area contributed by atoms with Crippen LogP contribution in [0.1, 0.15) is 30.5 Å². The second-order valence-corrected chi connectivity index (χ2v) is 4.14. The molecule has 1 rings (SSSR count). The van der Waals surface area contributed by atoms with E-state index in [0.29, 0.717) is 13.0 Å². The highest BCUT2D eigenvalue weighted by Gasteiger charge is 2.18. The first-order chi connectivity index (χ1) is 8.24. The summed E-state index contributed by atoms with van der Waals surface area (Å²) in [6, 6.07) is 10.7. The summed E-state index contributed by atoms with van der Waals surface area (Å²) in [5.74, 6) is 0. The molecule has 0 spiro atoms. The third-order valence-electron chi connectivity index (χ3n) is 3.13. The standard InChI is InChI=1S/C14H21N3/c1-3-17(10-6-9-15)14(11-16)13-8-5-4-7-12(13)2/h4-5,7-8,14H,3,6,10-11,16H2,1-2H3. The van der Waals surface area contributed by atoms with Gasteiger partial charge < -0.3 is 5.73 Å². The zero-order chi connectivity index (χ0) is 12.7. The molecule has 1 atom stereocenters. The van der Waals surface area contributed by atoms with Crippen molar-refractivity contribution in [2.45, 2.75) is 26.3 Å². The third-order valence-corrected chi connectivity index (χ3v) is 3.13. The molecule has 3 heteroatoms. The van der Waals surface area contributed by atoms with Crippen LogP contribution in [0, 0.1) is 18.3 Å². The number of aryl methyl sites for hydroxylation is 1. The molecular weight excluding hydrogens is 210 g/mol. The smallest absolute Gasteiger partial charge is 0.0635 e. The topological polar surface area (TPSA) is 53.0 Å². The molecular formula is C14H21N3. The van der Waals surface area contributed by atoms with Crippen molar-refractivity contribution < 1.29 is 0 Å². The Hall–Kier alpha value is -1.37. The first-order valence-electron chi connectivity index (χ1n) is 6.11. The zero-order valence-corrected chi connectivity index (χ0v) is 10.7. The van der Waals surface area contributed by atoms with Crippen LogP contribution in [0.25, 0.3) is 0 Å². The van der Waals surface area contributed by atoms with Crippen molar-refractivity contribution in [3.63, 3.8) is 0 Å². The number of hydrogen-bond donors (Lipinski definition) is 1. The van der Waals surface area contributed by atoms with Gasteiger partial charge in [0.15, 0.2) is 0 Å². The number of nitriles is 1. The second kappa shape index (κ2) is 7.05. The van der Waals surface area contributed by atoms with Gasteiger partial charge in [0.05, 0.1) is 6.07 Å². The maximum atomic E-state index is 8.68. The van der Waals surface area contributed by atoms with Gasteiger partial charge in [-0.1, -0.05) is 31.2 Å². The lowest BCUT2D eigenvalue weighted by molar-refractivity contribution is 0.216. The van der Waals surface area contributed by atoms with Crippen molar-refractivity contribution in [1.29, 1.82) is 5.26 Å². The molecule has 0 aromatic heterocycles. The van der Waals surface area contributed by atoms with Gasteiger partial charge >= 0.3 is 0 Å². The average Bonchev–Trinajstić information content (AvgIpc) is 2.36. The van der Waals surface area contributed by atoms with Crippen LogP contribution in [0.4, 0.5) is 0 Å². The van der Waals surface area contributed by atoms with Gasteiger partial charge in [-0.3, -0.25) is 4.90 Å².